The minimum atomic E-state index is -0.353. The van der Waals surface area contributed by atoms with Crippen LogP contribution in [0.1, 0.15) is 49.8 Å². The molecule has 138 valence electrons. The molecule has 5 nitrogen and oxygen atoms in total. The van der Waals surface area contributed by atoms with Gasteiger partial charge >= 0.3 is 5.97 Å². The fourth-order valence-electron chi connectivity index (χ4n) is 4.02. The third kappa shape index (κ3) is 3.23. The lowest BCUT2D eigenvalue weighted by molar-refractivity contribution is -0.142. The number of ether oxygens (including phenoxy) is 2. The first-order chi connectivity index (χ1) is 12.6. The van der Waals surface area contributed by atoms with Gasteiger partial charge < -0.3 is 14.8 Å². The van der Waals surface area contributed by atoms with E-state index in [1.54, 1.807) is 11.3 Å². The van der Waals surface area contributed by atoms with E-state index in [-0.39, 0.29) is 30.4 Å². The maximum absolute atomic E-state index is 12.9. The first kappa shape index (κ1) is 17.5. The standard InChI is InChI=1S/C20H23NO4S/c1-12-17(20(23)25-11-13-5-3-9-24-13)19(16-8-4-10-26-16)18-14(21-12)6-2-7-15(18)22/h4,8,10,13,19,21H,2-3,5-7,9,11H2,1H3/t13-,19+/m1/s1. The summed E-state index contributed by atoms with van der Waals surface area (Å²) in [6.07, 6.45) is 4.16. The van der Waals surface area contributed by atoms with Crippen molar-refractivity contribution in [2.24, 2.45) is 0 Å². The first-order valence-electron chi connectivity index (χ1n) is 9.21. The number of rotatable bonds is 4. The Kier molecular flexibility index (Phi) is 4.96. The van der Waals surface area contributed by atoms with Crippen LogP contribution in [0.4, 0.5) is 0 Å². The Balaban J connectivity index is 1.64. The largest absolute Gasteiger partial charge is 0.459 e. The predicted molar refractivity (Wildman–Crippen MR) is 98.7 cm³/mol. The molecule has 2 atom stereocenters. The SMILES string of the molecule is CC1=C(C(=O)OC[C@H]2CCCO2)[C@H](c2cccs2)C2=C(CCCC2=O)N1. The molecular weight excluding hydrogens is 350 g/mol. The molecule has 1 N–H and O–H groups in total. The molecule has 0 radical (unpaired) electrons. The topological polar surface area (TPSA) is 64.6 Å². The van der Waals surface area contributed by atoms with Crippen molar-refractivity contribution >= 4 is 23.1 Å². The molecule has 4 rings (SSSR count). The van der Waals surface area contributed by atoms with E-state index in [4.69, 9.17) is 9.47 Å². The molecule has 0 saturated carbocycles. The fourth-order valence-corrected chi connectivity index (χ4v) is 4.86. The van der Waals surface area contributed by atoms with Gasteiger partial charge in [-0.15, -0.1) is 11.3 Å². The fraction of sp³-hybridized carbons (Fsp3) is 0.500. The van der Waals surface area contributed by atoms with E-state index < -0.39 is 0 Å². The minimum absolute atomic E-state index is 0.0114. The second kappa shape index (κ2) is 7.37. The molecule has 0 unspecified atom stereocenters. The van der Waals surface area contributed by atoms with Gasteiger partial charge in [-0.2, -0.15) is 0 Å². The molecule has 0 bridgehead atoms. The Morgan fingerprint density at radius 1 is 1.38 bits per heavy atom. The number of esters is 1. The van der Waals surface area contributed by atoms with E-state index in [1.807, 2.05) is 24.4 Å². The van der Waals surface area contributed by atoms with Crippen LogP contribution in [-0.2, 0) is 19.1 Å². The number of Topliss-reactive ketones (excluding diaryl/α,β-unsaturated/α-hetero) is 1. The summed E-state index contributed by atoms with van der Waals surface area (Å²) in [6.45, 7) is 2.90. The van der Waals surface area contributed by atoms with Crippen LogP contribution in [0, 0.1) is 0 Å². The van der Waals surface area contributed by atoms with Crippen molar-refractivity contribution in [2.45, 2.75) is 51.0 Å². The number of carbonyl (C=O) groups excluding carboxylic acids is 2. The summed E-state index contributed by atoms with van der Waals surface area (Å²) in [7, 11) is 0. The molecule has 0 spiro atoms. The highest BCUT2D eigenvalue weighted by atomic mass is 32.1. The van der Waals surface area contributed by atoms with E-state index in [1.165, 1.54) is 0 Å². The van der Waals surface area contributed by atoms with Gasteiger partial charge in [-0.25, -0.2) is 4.79 Å². The van der Waals surface area contributed by atoms with Crippen molar-refractivity contribution in [3.05, 3.63) is 44.9 Å². The summed E-state index contributed by atoms with van der Waals surface area (Å²) >= 11 is 1.57. The molecule has 3 aliphatic rings. The molecule has 26 heavy (non-hydrogen) atoms. The molecule has 3 heterocycles. The maximum atomic E-state index is 12.9. The number of thiophene rings is 1. The zero-order chi connectivity index (χ0) is 18.1. The van der Waals surface area contributed by atoms with Gasteiger partial charge in [0.1, 0.15) is 6.61 Å². The normalized spacial score (nSPS) is 26.0. The number of hydrogen-bond acceptors (Lipinski definition) is 6. The molecule has 0 aromatic carbocycles. The van der Waals surface area contributed by atoms with E-state index in [0.29, 0.717) is 12.0 Å². The smallest absolute Gasteiger partial charge is 0.336 e. The summed E-state index contributed by atoms with van der Waals surface area (Å²) in [5.74, 6) is -0.543. The number of allylic oxidation sites excluding steroid dienone is 3. The predicted octanol–water partition coefficient (Wildman–Crippen LogP) is 3.44. The van der Waals surface area contributed by atoms with Gasteiger partial charge in [0.2, 0.25) is 0 Å². The summed E-state index contributed by atoms with van der Waals surface area (Å²) in [5, 5.41) is 5.29. The maximum Gasteiger partial charge on any atom is 0.336 e. The number of hydrogen-bond donors (Lipinski definition) is 1. The summed E-state index contributed by atoms with van der Waals surface area (Å²) < 4.78 is 11.1. The van der Waals surface area contributed by atoms with E-state index in [2.05, 4.69) is 5.32 Å². The average Bonchev–Trinajstić information content (AvgIpc) is 3.32. The van der Waals surface area contributed by atoms with Crippen molar-refractivity contribution in [1.82, 2.24) is 5.32 Å². The molecule has 6 heteroatoms. The highest BCUT2D eigenvalue weighted by molar-refractivity contribution is 7.10. The summed E-state index contributed by atoms with van der Waals surface area (Å²) in [6, 6.07) is 3.95. The molecule has 2 aliphatic heterocycles. The molecule has 0 amide bonds. The van der Waals surface area contributed by atoms with Crippen LogP contribution in [0.25, 0.3) is 0 Å². The lowest BCUT2D eigenvalue weighted by Crippen LogP contribution is -2.34. The number of ketones is 1. The van der Waals surface area contributed by atoms with Crippen molar-refractivity contribution < 1.29 is 19.1 Å². The lowest BCUT2D eigenvalue weighted by Gasteiger charge is -2.33. The van der Waals surface area contributed by atoms with Gasteiger partial charge in [0.25, 0.3) is 0 Å². The highest BCUT2D eigenvalue weighted by Crippen LogP contribution is 2.43. The Hall–Kier alpha value is -1.92. The zero-order valence-electron chi connectivity index (χ0n) is 14.9. The van der Waals surface area contributed by atoms with Gasteiger partial charge in [0.15, 0.2) is 5.78 Å². The second-order valence-electron chi connectivity index (χ2n) is 7.01. The highest BCUT2D eigenvalue weighted by Gasteiger charge is 2.39. The zero-order valence-corrected chi connectivity index (χ0v) is 15.7. The van der Waals surface area contributed by atoms with Crippen LogP contribution in [0.15, 0.2) is 40.1 Å². The monoisotopic (exact) mass is 373 g/mol. The molecule has 1 fully saturated rings. The van der Waals surface area contributed by atoms with E-state index in [0.717, 1.165) is 54.1 Å². The Labute approximate surface area is 157 Å². The van der Waals surface area contributed by atoms with Gasteiger partial charge in [0.05, 0.1) is 17.6 Å². The molecule has 1 aliphatic carbocycles. The van der Waals surface area contributed by atoms with Gasteiger partial charge in [-0.3, -0.25) is 4.79 Å². The molecule has 1 saturated heterocycles. The van der Waals surface area contributed by atoms with Crippen LogP contribution in [-0.4, -0.2) is 31.1 Å². The lowest BCUT2D eigenvalue weighted by atomic mass is 9.78. The van der Waals surface area contributed by atoms with Crippen molar-refractivity contribution in [1.29, 1.82) is 0 Å². The van der Waals surface area contributed by atoms with Crippen molar-refractivity contribution in [3.8, 4) is 0 Å². The summed E-state index contributed by atoms with van der Waals surface area (Å²) in [4.78, 5) is 26.6. The van der Waals surface area contributed by atoms with Crippen molar-refractivity contribution in [3.63, 3.8) is 0 Å². The van der Waals surface area contributed by atoms with Crippen molar-refractivity contribution in [2.75, 3.05) is 13.2 Å². The summed E-state index contributed by atoms with van der Waals surface area (Å²) in [5.41, 5.74) is 3.05. The van der Waals surface area contributed by atoms with E-state index >= 15 is 0 Å². The van der Waals surface area contributed by atoms with Crippen LogP contribution < -0.4 is 5.32 Å². The van der Waals surface area contributed by atoms with Crippen LogP contribution >= 0.6 is 11.3 Å². The average molecular weight is 373 g/mol. The number of nitrogens with one attached hydrogen (secondary N) is 1. The Morgan fingerprint density at radius 2 is 2.27 bits per heavy atom. The van der Waals surface area contributed by atoms with Crippen LogP contribution in [0.2, 0.25) is 0 Å². The third-order valence-corrected chi connectivity index (χ3v) is 6.18. The van der Waals surface area contributed by atoms with Crippen LogP contribution in [0.5, 0.6) is 0 Å². The Morgan fingerprint density at radius 3 is 3.00 bits per heavy atom. The van der Waals surface area contributed by atoms with Gasteiger partial charge in [-0.05, 0) is 44.1 Å². The van der Waals surface area contributed by atoms with Gasteiger partial charge in [0, 0.05) is 34.9 Å². The second-order valence-corrected chi connectivity index (χ2v) is 7.99. The quantitative estimate of drug-likeness (QED) is 0.819. The van der Waals surface area contributed by atoms with E-state index in [9.17, 15) is 9.59 Å². The Bertz CT molecular complexity index is 772. The number of carbonyl (C=O) groups is 2. The third-order valence-electron chi connectivity index (χ3n) is 5.25. The molecular formula is C20H23NO4S. The minimum Gasteiger partial charge on any atom is -0.459 e. The van der Waals surface area contributed by atoms with Gasteiger partial charge in [-0.1, -0.05) is 6.07 Å². The molecule has 1 aromatic heterocycles. The first-order valence-corrected chi connectivity index (χ1v) is 10.1. The number of dihydropyridines is 1. The van der Waals surface area contributed by atoms with Crippen LogP contribution in [0.3, 0.4) is 0 Å². The molecule has 1 aromatic rings.